The topological polar surface area (TPSA) is 30.5 Å². The molecule has 0 spiro atoms. The summed E-state index contributed by atoms with van der Waals surface area (Å²) in [6.45, 7) is 7.59. The zero-order valence-corrected chi connectivity index (χ0v) is 12.4. The van der Waals surface area contributed by atoms with Gasteiger partial charge in [0.2, 0.25) is 0 Å². The zero-order valence-electron chi connectivity index (χ0n) is 10.8. The molecular weight excluding hydrogens is 282 g/mol. The van der Waals surface area contributed by atoms with Gasteiger partial charge in [-0.3, -0.25) is 0 Å². The Hall–Kier alpha value is -0.740. The minimum absolute atomic E-state index is 0.433. The van der Waals surface area contributed by atoms with Gasteiger partial charge < -0.3 is 14.8 Å². The van der Waals surface area contributed by atoms with Crippen LogP contribution in [-0.2, 0) is 6.54 Å². The van der Waals surface area contributed by atoms with E-state index in [1.54, 1.807) is 7.11 Å². The van der Waals surface area contributed by atoms with Gasteiger partial charge in [-0.25, -0.2) is 0 Å². The van der Waals surface area contributed by atoms with Crippen molar-refractivity contribution in [1.82, 2.24) is 5.32 Å². The first-order valence-electron chi connectivity index (χ1n) is 5.81. The molecule has 1 aromatic rings. The van der Waals surface area contributed by atoms with Gasteiger partial charge in [-0.2, -0.15) is 0 Å². The summed E-state index contributed by atoms with van der Waals surface area (Å²) in [6, 6.07) is 4.33. The summed E-state index contributed by atoms with van der Waals surface area (Å²) in [7, 11) is 1.66. The van der Waals surface area contributed by atoms with Crippen molar-refractivity contribution >= 4 is 15.9 Å². The van der Waals surface area contributed by atoms with Gasteiger partial charge in [0.15, 0.2) is 11.5 Å². The molecule has 0 saturated heterocycles. The first-order chi connectivity index (χ1) is 8.10. The fourth-order valence-corrected chi connectivity index (χ4v) is 1.97. The summed E-state index contributed by atoms with van der Waals surface area (Å²) >= 11 is 3.56. The fourth-order valence-electron chi connectivity index (χ4n) is 1.52. The van der Waals surface area contributed by atoms with Crippen molar-refractivity contribution in [2.24, 2.45) is 0 Å². The summed E-state index contributed by atoms with van der Waals surface area (Å²) in [5.41, 5.74) is 1.10. The molecule has 0 fully saturated rings. The predicted molar refractivity (Wildman–Crippen MR) is 73.8 cm³/mol. The molecule has 0 atom stereocenters. The molecule has 4 heteroatoms. The number of nitrogens with one attached hydrogen (secondary N) is 1. The summed E-state index contributed by atoms with van der Waals surface area (Å²) in [5, 5.41) is 3.39. The van der Waals surface area contributed by atoms with Crippen LogP contribution in [0.15, 0.2) is 16.6 Å². The number of methoxy groups -OCH3 is 1. The molecular formula is C13H20BrNO2. The van der Waals surface area contributed by atoms with Gasteiger partial charge in [-0.15, -0.1) is 0 Å². The van der Waals surface area contributed by atoms with Crippen LogP contribution in [0.3, 0.4) is 0 Å². The van der Waals surface area contributed by atoms with E-state index in [1.165, 1.54) is 0 Å². The molecule has 0 heterocycles. The van der Waals surface area contributed by atoms with Crippen molar-refractivity contribution in [3.8, 4) is 11.5 Å². The Morgan fingerprint density at radius 1 is 1.35 bits per heavy atom. The number of hydrogen-bond donors (Lipinski definition) is 1. The second kappa shape index (κ2) is 6.87. The minimum atomic E-state index is 0.433. The SMILES string of the molecule is CCOc1c(OC)ccc(Br)c1CNC(C)C. The number of ether oxygens (including phenoxy) is 2. The first-order valence-corrected chi connectivity index (χ1v) is 6.61. The Bertz CT molecular complexity index is 367. The summed E-state index contributed by atoms with van der Waals surface area (Å²) < 4.78 is 12.0. The van der Waals surface area contributed by atoms with E-state index in [2.05, 4.69) is 35.1 Å². The van der Waals surface area contributed by atoms with Crippen molar-refractivity contribution in [1.29, 1.82) is 0 Å². The minimum Gasteiger partial charge on any atom is -0.493 e. The molecule has 0 radical (unpaired) electrons. The van der Waals surface area contributed by atoms with Crippen LogP contribution in [0.1, 0.15) is 26.3 Å². The summed E-state index contributed by atoms with van der Waals surface area (Å²) in [5.74, 6) is 1.59. The van der Waals surface area contributed by atoms with Gasteiger partial charge in [-0.1, -0.05) is 29.8 Å². The van der Waals surface area contributed by atoms with Gasteiger partial charge in [0.05, 0.1) is 13.7 Å². The second-order valence-electron chi connectivity index (χ2n) is 4.03. The van der Waals surface area contributed by atoms with E-state index < -0.39 is 0 Å². The maximum absolute atomic E-state index is 5.68. The Kier molecular flexibility index (Phi) is 5.78. The highest BCUT2D eigenvalue weighted by Gasteiger charge is 2.14. The molecule has 96 valence electrons. The van der Waals surface area contributed by atoms with E-state index >= 15 is 0 Å². The van der Waals surface area contributed by atoms with Crippen LogP contribution in [0.25, 0.3) is 0 Å². The van der Waals surface area contributed by atoms with Gasteiger partial charge >= 0.3 is 0 Å². The Morgan fingerprint density at radius 2 is 2.06 bits per heavy atom. The molecule has 1 aromatic carbocycles. The van der Waals surface area contributed by atoms with Crippen LogP contribution in [-0.4, -0.2) is 19.8 Å². The number of rotatable bonds is 6. The molecule has 0 aliphatic carbocycles. The quantitative estimate of drug-likeness (QED) is 0.874. The van der Waals surface area contributed by atoms with Gasteiger partial charge in [-0.05, 0) is 19.1 Å². The largest absolute Gasteiger partial charge is 0.493 e. The molecule has 17 heavy (non-hydrogen) atoms. The molecule has 3 nitrogen and oxygen atoms in total. The van der Waals surface area contributed by atoms with Crippen molar-refractivity contribution in [3.05, 3.63) is 22.2 Å². The molecule has 0 aromatic heterocycles. The van der Waals surface area contributed by atoms with Gasteiger partial charge in [0.1, 0.15) is 0 Å². The third-order valence-electron chi connectivity index (χ3n) is 2.36. The van der Waals surface area contributed by atoms with Crippen LogP contribution >= 0.6 is 15.9 Å². The number of benzene rings is 1. The van der Waals surface area contributed by atoms with E-state index in [-0.39, 0.29) is 0 Å². The van der Waals surface area contributed by atoms with E-state index in [9.17, 15) is 0 Å². The number of halogens is 1. The average molecular weight is 302 g/mol. The molecule has 0 saturated carbocycles. The van der Waals surface area contributed by atoms with Crippen LogP contribution in [0.2, 0.25) is 0 Å². The fraction of sp³-hybridized carbons (Fsp3) is 0.538. The predicted octanol–water partition coefficient (Wildman–Crippen LogP) is 3.35. The van der Waals surface area contributed by atoms with Crippen molar-refractivity contribution in [2.45, 2.75) is 33.4 Å². The molecule has 1 N–H and O–H groups in total. The van der Waals surface area contributed by atoms with Gasteiger partial charge in [0.25, 0.3) is 0 Å². The lowest BCUT2D eigenvalue weighted by atomic mass is 10.1. The van der Waals surface area contributed by atoms with Gasteiger partial charge in [0, 0.05) is 22.6 Å². The third kappa shape index (κ3) is 3.89. The maximum atomic E-state index is 5.68. The van der Waals surface area contributed by atoms with E-state index in [1.807, 2.05) is 19.1 Å². The normalized spacial score (nSPS) is 10.7. The molecule has 0 bridgehead atoms. The Balaban J connectivity index is 3.05. The van der Waals surface area contributed by atoms with E-state index in [4.69, 9.17) is 9.47 Å². The van der Waals surface area contributed by atoms with Crippen LogP contribution in [0.5, 0.6) is 11.5 Å². The molecule has 0 unspecified atom stereocenters. The lowest BCUT2D eigenvalue weighted by Crippen LogP contribution is -2.22. The smallest absolute Gasteiger partial charge is 0.166 e. The molecule has 0 aliphatic rings. The highest BCUT2D eigenvalue weighted by molar-refractivity contribution is 9.10. The maximum Gasteiger partial charge on any atom is 0.166 e. The van der Waals surface area contributed by atoms with Crippen LogP contribution < -0.4 is 14.8 Å². The molecule has 0 amide bonds. The van der Waals surface area contributed by atoms with Crippen molar-refractivity contribution in [2.75, 3.05) is 13.7 Å². The van der Waals surface area contributed by atoms with E-state index in [0.717, 1.165) is 28.1 Å². The first kappa shape index (κ1) is 14.3. The lowest BCUT2D eigenvalue weighted by Gasteiger charge is -2.17. The zero-order chi connectivity index (χ0) is 12.8. The monoisotopic (exact) mass is 301 g/mol. The lowest BCUT2D eigenvalue weighted by molar-refractivity contribution is 0.306. The van der Waals surface area contributed by atoms with Crippen molar-refractivity contribution < 1.29 is 9.47 Å². The van der Waals surface area contributed by atoms with Crippen LogP contribution in [0, 0.1) is 0 Å². The highest BCUT2D eigenvalue weighted by atomic mass is 79.9. The standard InChI is InChI=1S/C13H20BrNO2/c1-5-17-13-10(8-15-9(2)3)11(14)6-7-12(13)16-4/h6-7,9,15H,5,8H2,1-4H3. The summed E-state index contributed by atoms with van der Waals surface area (Å²) in [4.78, 5) is 0. The molecule has 0 aliphatic heterocycles. The van der Waals surface area contributed by atoms with E-state index in [0.29, 0.717) is 12.6 Å². The Labute approximate surface area is 112 Å². The van der Waals surface area contributed by atoms with Crippen LogP contribution in [0.4, 0.5) is 0 Å². The van der Waals surface area contributed by atoms with Crippen molar-refractivity contribution in [3.63, 3.8) is 0 Å². The highest BCUT2D eigenvalue weighted by Crippen LogP contribution is 2.36. The average Bonchev–Trinajstić information content (AvgIpc) is 2.28. The second-order valence-corrected chi connectivity index (χ2v) is 4.88. The Morgan fingerprint density at radius 3 is 2.59 bits per heavy atom. The molecule has 1 rings (SSSR count). The summed E-state index contributed by atoms with van der Waals surface area (Å²) in [6.07, 6.45) is 0. The number of hydrogen-bond acceptors (Lipinski definition) is 3. The third-order valence-corrected chi connectivity index (χ3v) is 3.11.